The van der Waals surface area contributed by atoms with Gasteiger partial charge in [0.25, 0.3) is 5.91 Å². The Bertz CT molecular complexity index is 989. The molecule has 1 amide bonds. The summed E-state index contributed by atoms with van der Waals surface area (Å²) in [6.07, 6.45) is 0. The zero-order chi connectivity index (χ0) is 21.5. The molecular formula is C25H29N2O3+. The summed E-state index contributed by atoms with van der Waals surface area (Å²) in [5, 5.41) is 3.08. The molecule has 0 aromatic heterocycles. The maximum atomic E-state index is 13.4. The SMILES string of the molecule is COc1cccc(C[NH+](C)[C@@H](C(=O)Nc2cc(C)ccc2OC)c2ccccc2)c1. The minimum atomic E-state index is -0.386. The van der Waals surface area contributed by atoms with Crippen LogP contribution in [0.2, 0.25) is 0 Å². The molecule has 156 valence electrons. The fourth-order valence-corrected chi connectivity index (χ4v) is 3.64. The summed E-state index contributed by atoms with van der Waals surface area (Å²) in [4.78, 5) is 14.5. The number of methoxy groups -OCH3 is 2. The molecule has 30 heavy (non-hydrogen) atoms. The summed E-state index contributed by atoms with van der Waals surface area (Å²) in [5.74, 6) is 1.38. The fraction of sp³-hybridized carbons (Fsp3) is 0.240. The minimum absolute atomic E-state index is 0.0782. The Balaban J connectivity index is 1.89. The number of hydrogen-bond donors (Lipinski definition) is 2. The van der Waals surface area contributed by atoms with Crippen LogP contribution in [0.15, 0.2) is 72.8 Å². The van der Waals surface area contributed by atoms with Crippen molar-refractivity contribution >= 4 is 11.6 Å². The maximum absolute atomic E-state index is 13.4. The first-order valence-electron chi connectivity index (χ1n) is 9.97. The predicted octanol–water partition coefficient (Wildman–Crippen LogP) is 3.41. The first kappa shape index (κ1) is 21.4. The van der Waals surface area contributed by atoms with E-state index in [2.05, 4.69) is 11.4 Å². The predicted molar refractivity (Wildman–Crippen MR) is 119 cm³/mol. The van der Waals surface area contributed by atoms with Crippen molar-refractivity contribution < 1.29 is 19.2 Å². The van der Waals surface area contributed by atoms with E-state index < -0.39 is 0 Å². The number of hydrogen-bond acceptors (Lipinski definition) is 3. The van der Waals surface area contributed by atoms with Crippen LogP contribution in [-0.2, 0) is 11.3 Å². The lowest BCUT2D eigenvalue weighted by Crippen LogP contribution is -3.09. The lowest BCUT2D eigenvalue weighted by molar-refractivity contribution is -0.915. The molecule has 3 rings (SSSR count). The van der Waals surface area contributed by atoms with Gasteiger partial charge in [-0.25, -0.2) is 0 Å². The Morgan fingerprint density at radius 1 is 0.967 bits per heavy atom. The largest absolute Gasteiger partial charge is 0.497 e. The average Bonchev–Trinajstić information content (AvgIpc) is 2.75. The molecule has 5 heteroatoms. The van der Waals surface area contributed by atoms with E-state index in [1.165, 1.54) is 0 Å². The number of quaternary nitrogens is 1. The van der Waals surface area contributed by atoms with E-state index in [4.69, 9.17) is 9.47 Å². The van der Waals surface area contributed by atoms with Gasteiger partial charge in [-0.1, -0.05) is 48.5 Å². The first-order valence-corrected chi connectivity index (χ1v) is 9.97. The van der Waals surface area contributed by atoms with Crippen LogP contribution < -0.4 is 19.7 Å². The number of nitrogens with one attached hydrogen (secondary N) is 2. The summed E-state index contributed by atoms with van der Waals surface area (Å²) < 4.78 is 10.8. The quantitative estimate of drug-likeness (QED) is 0.604. The van der Waals surface area contributed by atoms with E-state index in [0.717, 1.165) is 27.3 Å². The smallest absolute Gasteiger partial charge is 0.287 e. The van der Waals surface area contributed by atoms with Crippen molar-refractivity contribution in [1.29, 1.82) is 0 Å². The lowest BCUT2D eigenvalue weighted by Gasteiger charge is -2.25. The van der Waals surface area contributed by atoms with Crippen LogP contribution in [0.4, 0.5) is 5.69 Å². The van der Waals surface area contributed by atoms with Crippen molar-refractivity contribution in [2.75, 3.05) is 26.6 Å². The molecule has 2 atom stereocenters. The molecule has 0 aliphatic heterocycles. The van der Waals surface area contributed by atoms with Crippen molar-refractivity contribution in [2.24, 2.45) is 0 Å². The third-order valence-electron chi connectivity index (χ3n) is 5.12. The van der Waals surface area contributed by atoms with Gasteiger partial charge in [-0.05, 0) is 36.8 Å². The van der Waals surface area contributed by atoms with Gasteiger partial charge in [0.15, 0.2) is 6.04 Å². The summed E-state index contributed by atoms with van der Waals surface area (Å²) >= 11 is 0. The number of carbonyl (C=O) groups is 1. The molecule has 0 fully saturated rings. The van der Waals surface area contributed by atoms with Crippen LogP contribution in [0.1, 0.15) is 22.7 Å². The Labute approximate surface area is 178 Å². The third kappa shape index (κ3) is 5.19. The van der Waals surface area contributed by atoms with E-state index >= 15 is 0 Å². The summed E-state index contributed by atoms with van der Waals surface area (Å²) in [7, 11) is 5.30. The van der Waals surface area contributed by atoms with Crippen molar-refractivity contribution in [3.63, 3.8) is 0 Å². The van der Waals surface area contributed by atoms with Crippen molar-refractivity contribution in [3.05, 3.63) is 89.5 Å². The topological polar surface area (TPSA) is 52.0 Å². The van der Waals surface area contributed by atoms with Crippen molar-refractivity contribution in [1.82, 2.24) is 0 Å². The highest BCUT2D eigenvalue weighted by atomic mass is 16.5. The van der Waals surface area contributed by atoms with Gasteiger partial charge in [-0.2, -0.15) is 0 Å². The van der Waals surface area contributed by atoms with Gasteiger partial charge in [0.05, 0.1) is 27.0 Å². The third-order valence-corrected chi connectivity index (χ3v) is 5.12. The lowest BCUT2D eigenvalue weighted by atomic mass is 10.0. The number of amides is 1. The van der Waals surface area contributed by atoms with Crippen LogP contribution in [0.3, 0.4) is 0 Å². The van der Waals surface area contributed by atoms with E-state index in [9.17, 15) is 4.79 Å². The average molecular weight is 406 g/mol. The molecule has 3 aromatic rings. The standard InChI is InChI=1S/C25H28N2O3/c1-18-13-14-23(30-4)22(15-18)26-25(28)24(20-10-6-5-7-11-20)27(2)17-19-9-8-12-21(16-19)29-3/h5-16,24H,17H2,1-4H3,(H,26,28)/p+1/t24-/m1/s1. The second-order valence-corrected chi connectivity index (χ2v) is 7.41. The van der Waals surface area contributed by atoms with Gasteiger partial charge in [0.2, 0.25) is 0 Å². The van der Waals surface area contributed by atoms with Gasteiger partial charge >= 0.3 is 0 Å². The van der Waals surface area contributed by atoms with Crippen LogP contribution in [-0.4, -0.2) is 27.2 Å². The molecule has 3 aromatic carbocycles. The molecule has 0 heterocycles. The number of benzene rings is 3. The van der Waals surface area contributed by atoms with Gasteiger partial charge in [-0.3, -0.25) is 4.79 Å². The second-order valence-electron chi connectivity index (χ2n) is 7.41. The van der Waals surface area contributed by atoms with Gasteiger partial charge in [0.1, 0.15) is 18.0 Å². The number of aryl methyl sites for hydroxylation is 1. The Hall–Kier alpha value is -3.31. The molecule has 0 saturated heterocycles. The number of ether oxygens (including phenoxy) is 2. The zero-order valence-electron chi connectivity index (χ0n) is 17.9. The van der Waals surface area contributed by atoms with E-state index in [1.807, 2.05) is 80.7 Å². The number of anilines is 1. The number of likely N-dealkylation sites (N-methyl/N-ethyl adjacent to an activating group) is 1. The van der Waals surface area contributed by atoms with Crippen molar-refractivity contribution in [2.45, 2.75) is 19.5 Å². The number of rotatable bonds is 8. The molecule has 0 spiro atoms. The monoisotopic (exact) mass is 405 g/mol. The van der Waals surface area contributed by atoms with E-state index in [-0.39, 0.29) is 11.9 Å². The molecule has 2 N–H and O–H groups in total. The summed E-state index contributed by atoms with van der Waals surface area (Å²) in [6.45, 7) is 2.67. The molecular weight excluding hydrogens is 376 g/mol. The number of carbonyl (C=O) groups excluding carboxylic acids is 1. The van der Waals surface area contributed by atoms with E-state index in [0.29, 0.717) is 18.0 Å². The van der Waals surface area contributed by atoms with Crippen LogP contribution in [0, 0.1) is 6.92 Å². The molecule has 0 saturated carbocycles. The Kier molecular flexibility index (Phi) is 7.09. The molecule has 0 aliphatic carbocycles. The molecule has 5 nitrogen and oxygen atoms in total. The second kappa shape index (κ2) is 9.94. The Morgan fingerprint density at radius 3 is 2.43 bits per heavy atom. The highest BCUT2D eigenvalue weighted by Gasteiger charge is 2.30. The van der Waals surface area contributed by atoms with E-state index in [1.54, 1.807) is 14.2 Å². The first-order chi connectivity index (χ1) is 14.5. The van der Waals surface area contributed by atoms with Crippen molar-refractivity contribution in [3.8, 4) is 11.5 Å². The molecule has 0 bridgehead atoms. The summed E-state index contributed by atoms with van der Waals surface area (Å²) in [5.41, 5.74) is 3.80. The highest BCUT2D eigenvalue weighted by molar-refractivity contribution is 5.96. The Morgan fingerprint density at radius 2 is 1.73 bits per heavy atom. The maximum Gasteiger partial charge on any atom is 0.287 e. The van der Waals surface area contributed by atoms with Gasteiger partial charge in [-0.15, -0.1) is 0 Å². The van der Waals surface area contributed by atoms with Gasteiger partial charge < -0.3 is 19.7 Å². The molecule has 0 aliphatic rings. The van der Waals surface area contributed by atoms with Gasteiger partial charge in [0, 0.05) is 11.1 Å². The fourth-order valence-electron chi connectivity index (χ4n) is 3.64. The zero-order valence-corrected chi connectivity index (χ0v) is 17.9. The van der Waals surface area contributed by atoms with Crippen LogP contribution in [0.5, 0.6) is 11.5 Å². The highest BCUT2D eigenvalue weighted by Crippen LogP contribution is 2.26. The normalized spacial score (nSPS) is 12.7. The molecule has 0 radical (unpaired) electrons. The molecule has 1 unspecified atom stereocenters. The van der Waals surface area contributed by atoms with Crippen LogP contribution >= 0.6 is 0 Å². The van der Waals surface area contributed by atoms with Crippen LogP contribution in [0.25, 0.3) is 0 Å². The summed E-state index contributed by atoms with van der Waals surface area (Å²) in [6, 6.07) is 23.2. The minimum Gasteiger partial charge on any atom is -0.497 e.